The molecule has 4 aliphatic carbocycles. The van der Waals surface area contributed by atoms with Crippen LogP contribution < -0.4 is 0 Å². The smallest absolute Gasteiger partial charge is 0.330 e. The lowest BCUT2D eigenvalue weighted by atomic mass is 9.42. The summed E-state index contributed by atoms with van der Waals surface area (Å²) < 4.78 is 18.4. The van der Waals surface area contributed by atoms with Crippen LogP contribution >= 0.6 is 0 Å². The van der Waals surface area contributed by atoms with Crippen LogP contribution in [0.15, 0.2) is 71.8 Å². The number of imide groups is 2. The van der Waals surface area contributed by atoms with Gasteiger partial charge in [-0.15, -0.1) is 0 Å². The van der Waals surface area contributed by atoms with Crippen LogP contribution in [0.2, 0.25) is 0 Å². The van der Waals surface area contributed by atoms with Gasteiger partial charge >= 0.3 is 17.9 Å². The molecule has 2 N–H and O–H groups in total. The van der Waals surface area contributed by atoms with E-state index in [1.807, 2.05) is 26.8 Å². The summed E-state index contributed by atoms with van der Waals surface area (Å²) in [5.74, 6) is -5.68. The van der Waals surface area contributed by atoms with Gasteiger partial charge in [0.05, 0.1) is 40.5 Å². The van der Waals surface area contributed by atoms with Crippen LogP contribution in [0.5, 0.6) is 0 Å². The van der Waals surface area contributed by atoms with Crippen LogP contribution in [0.25, 0.3) is 0 Å². The lowest BCUT2D eigenvalue weighted by Gasteiger charge is -2.67. The van der Waals surface area contributed by atoms with Gasteiger partial charge in [-0.05, 0) is 94.9 Å². The van der Waals surface area contributed by atoms with E-state index in [4.69, 9.17) is 14.2 Å². The van der Waals surface area contributed by atoms with E-state index in [-0.39, 0.29) is 73.4 Å². The highest BCUT2D eigenvalue weighted by Gasteiger charge is 2.83. The molecular formula is C50H56N2O13. The third-order valence-electron chi connectivity index (χ3n) is 16.0. The van der Waals surface area contributed by atoms with Gasteiger partial charge in [0, 0.05) is 31.5 Å². The van der Waals surface area contributed by atoms with Crippen LogP contribution in [-0.2, 0) is 33.4 Å². The number of hydrogen-bond acceptors (Lipinski definition) is 13. The van der Waals surface area contributed by atoms with Gasteiger partial charge in [-0.3, -0.25) is 43.4 Å². The van der Waals surface area contributed by atoms with Crippen LogP contribution in [0.1, 0.15) is 141 Å². The van der Waals surface area contributed by atoms with Crippen LogP contribution in [0, 0.1) is 22.7 Å². The van der Waals surface area contributed by atoms with Crippen molar-refractivity contribution in [3.8, 4) is 0 Å². The molecule has 344 valence electrons. The normalized spacial score (nSPS) is 32.6. The van der Waals surface area contributed by atoms with Crippen LogP contribution in [-0.4, -0.2) is 109 Å². The minimum Gasteiger partial charge on any atom is -0.462 e. The van der Waals surface area contributed by atoms with Crippen molar-refractivity contribution in [1.29, 1.82) is 0 Å². The van der Waals surface area contributed by atoms with Gasteiger partial charge in [0.15, 0.2) is 11.4 Å². The molecule has 8 rings (SSSR count). The van der Waals surface area contributed by atoms with Crippen molar-refractivity contribution < 1.29 is 62.8 Å². The van der Waals surface area contributed by atoms with E-state index in [9.17, 15) is 48.6 Å². The maximum absolute atomic E-state index is 14.2. The highest BCUT2D eigenvalue weighted by atomic mass is 16.6. The highest BCUT2D eigenvalue weighted by Crippen LogP contribution is 2.71. The lowest BCUT2D eigenvalue weighted by Crippen LogP contribution is -2.78. The SMILES string of the molecule is CC(=O)[C@]1(OC(=O)CCN2C(=O)c3ccccc3C2=O)CC[C@@]2(O)[C@]1(C)[C@H](OC(=O)/C=C(\C)C(C)C)C[C@@H]1[C@@]3(C)CC[C@H](OC(=O)CCN4C(=O)c5ccccc5C4=O)CC3=CC[C@]12O. The molecule has 3 saturated carbocycles. The summed E-state index contributed by atoms with van der Waals surface area (Å²) in [7, 11) is 0. The highest BCUT2D eigenvalue weighted by molar-refractivity contribution is 6.22. The first kappa shape index (κ1) is 45.8. The Hall–Kier alpha value is -5.80. The number of hydrogen-bond donors (Lipinski definition) is 2. The van der Waals surface area contributed by atoms with Crippen molar-refractivity contribution in [2.75, 3.05) is 13.1 Å². The molecule has 8 atom stereocenters. The number of carbonyl (C=O) groups is 8. The molecule has 3 fully saturated rings. The molecule has 0 spiro atoms. The van der Waals surface area contributed by atoms with Gasteiger partial charge in [-0.25, -0.2) is 4.79 Å². The Labute approximate surface area is 377 Å². The molecule has 2 aromatic carbocycles. The summed E-state index contributed by atoms with van der Waals surface area (Å²) in [5.41, 5.74) is -6.32. The fourth-order valence-corrected chi connectivity index (χ4v) is 12.0. The fraction of sp³-hybridized carbons (Fsp3) is 0.520. The number of Topliss-reactive ketones (excluding diaryl/α,β-unsaturated/α-hetero) is 1. The van der Waals surface area contributed by atoms with Crippen molar-refractivity contribution in [1.82, 2.24) is 9.80 Å². The Balaban J connectivity index is 1.04. The molecule has 0 aromatic heterocycles. The summed E-state index contributed by atoms with van der Waals surface area (Å²) in [6, 6.07) is 12.8. The second-order valence-electron chi connectivity index (χ2n) is 19.4. The fourth-order valence-electron chi connectivity index (χ4n) is 12.0. The molecule has 15 heteroatoms. The van der Waals surface area contributed by atoms with Gasteiger partial charge in [0.1, 0.15) is 23.4 Å². The zero-order valence-electron chi connectivity index (χ0n) is 37.6. The Morgan fingerprint density at radius 1 is 0.769 bits per heavy atom. The van der Waals surface area contributed by atoms with E-state index >= 15 is 0 Å². The molecule has 0 unspecified atom stereocenters. The molecule has 15 nitrogen and oxygen atoms in total. The molecule has 0 radical (unpaired) electrons. The molecule has 2 aromatic rings. The second kappa shape index (κ2) is 16.3. The summed E-state index contributed by atoms with van der Waals surface area (Å²) in [4.78, 5) is 109. The van der Waals surface area contributed by atoms with Crippen molar-refractivity contribution in [3.63, 3.8) is 0 Å². The molecule has 0 saturated heterocycles. The van der Waals surface area contributed by atoms with E-state index in [2.05, 4.69) is 0 Å². The van der Waals surface area contributed by atoms with Crippen molar-refractivity contribution in [2.24, 2.45) is 22.7 Å². The zero-order chi connectivity index (χ0) is 47.0. The molecular weight excluding hydrogens is 837 g/mol. The van der Waals surface area contributed by atoms with Crippen molar-refractivity contribution in [3.05, 3.63) is 94.1 Å². The number of fused-ring (bicyclic) bond motifs is 7. The maximum Gasteiger partial charge on any atom is 0.330 e. The summed E-state index contributed by atoms with van der Waals surface area (Å²) >= 11 is 0. The molecule has 4 amide bonds. The average molecular weight is 893 g/mol. The first-order valence-corrected chi connectivity index (χ1v) is 22.5. The number of ether oxygens (including phenoxy) is 3. The molecule has 2 heterocycles. The number of aliphatic hydroxyl groups is 2. The number of esters is 3. The Bertz CT molecular complexity index is 2420. The topological polar surface area (TPSA) is 211 Å². The second-order valence-corrected chi connectivity index (χ2v) is 19.4. The van der Waals surface area contributed by atoms with Gasteiger partial charge in [0.2, 0.25) is 0 Å². The average Bonchev–Trinajstić information content (AvgIpc) is 3.77. The van der Waals surface area contributed by atoms with E-state index in [0.717, 1.165) is 20.9 Å². The van der Waals surface area contributed by atoms with Gasteiger partial charge < -0.3 is 24.4 Å². The third kappa shape index (κ3) is 6.90. The van der Waals surface area contributed by atoms with Crippen LogP contribution in [0.3, 0.4) is 0 Å². The predicted octanol–water partition coefficient (Wildman–Crippen LogP) is 5.46. The van der Waals surface area contributed by atoms with Crippen LogP contribution in [0.4, 0.5) is 0 Å². The standard InChI is InChI=1S/C50H56N2O13/c1-28(2)29(3)25-41(56)64-38-27-37-46(5)19-16-32(63-39(54)17-23-51-42(57)33-11-7-8-12-34(33)43(51)58)26-31(46)15-20-48(37,61)50(62)22-21-49(30(4)53,47(38,50)6)65-40(55)18-24-52-44(59)35-13-9-10-14-36(35)45(52)60/h7-15,25,28,32,37-38,61-62H,16-24,26-27H2,1-6H3/b29-25+/t32-,37+,38+,46-,47+,48-,49+,50+/m0/s1. The van der Waals surface area contributed by atoms with E-state index < -0.39 is 99.5 Å². The molecule has 65 heavy (non-hydrogen) atoms. The zero-order valence-corrected chi connectivity index (χ0v) is 37.6. The van der Waals surface area contributed by atoms with E-state index in [1.54, 1.807) is 43.3 Å². The quantitative estimate of drug-likeness (QED) is 0.0893. The van der Waals surface area contributed by atoms with Gasteiger partial charge in [-0.1, -0.05) is 62.3 Å². The lowest BCUT2D eigenvalue weighted by molar-refractivity contribution is -0.315. The van der Waals surface area contributed by atoms with Crippen molar-refractivity contribution >= 4 is 47.3 Å². The largest absolute Gasteiger partial charge is 0.462 e. The predicted molar refractivity (Wildman–Crippen MR) is 231 cm³/mol. The summed E-state index contributed by atoms with van der Waals surface area (Å²) in [6.45, 7) is 9.87. The number of rotatable bonds is 12. The molecule has 6 aliphatic rings. The maximum atomic E-state index is 14.2. The number of amides is 4. The number of nitrogens with zero attached hydrogens (tertiary/aromatic N) is 2. The Kier molecular flexibility index (Phi) is 11.4. The molecule has 0 bridgehead atoms. The van der Waals surface area contributed by atoms with Crippen molar-refractivity contribution in [2.45, 2.75) is 128 Å². The summed E-state index contributed by atoms with van der Waals surface area (Å²) in [5, 5.41) is 26.5. The number of carbonyl (C=O) groups excluding carboxylic acids is 8. The minimum absolute atomic E-state index is 0.00556. The molecule has 2 aliphatic heterocycles. The Morgan fingerprint density at radius 2 is 1.29 bits per heavy atom. The number of allylic oxidation sites excluding steroid dienone is 1. The first-order valence-electron chi connectivity index (χ1n) is 22.5. The Morgan fingerprint density at radius 3 is 1.80 bits per heavy atom. The third-order valence-corrected chi connectivity index (χ3v) is 16.0. The van der Waals surface area contributed by atoms with E-state index in [1.165, 1.54) is 32.1 Å². The number of ketones is 1. The number of benzene rings is 2. The first-order chi connectivity index (χ1) is 30.6. The summed E-state index contributed by atoms with van der Waals surface area (Å²) in [6.07, 6.45) is 1.24. The van der Waals surface area contributed by atoms with E-state index in [0.29, 0.717) is 19.3 Å². The minimum atomic E-state index is -2.17. The van der Waals surface area contributed by atoms with Gasteiger partial charge in [-0.2, -0.15) is 0 Å². The van der Waals surface area contributed by atoms with Gasteiger partial charge in [0.25, 0.3) is 23.6 Å². The monoisotopic (exact) mass is 892 g/mol.